The molecule has 0 aromatic heterocycles. The van der Waals surface area contributed by atoms with Gasteiger partial charge in [0.1, 0.15) is 5.60 Å². The van der Waals surface area contributed by atoms with Crippen LogP contribution in [0, 0.1) is 0 Å². The van der Waals surface area contributed by atoms with Gasteiger partial charge in [0.15, 0.2) is 0 Å². The van der Waals surface area contributed by atoms with Gasteiger partial charge in [-0.3, -0.25) is 15.0 Å². The minimum Gasteiger partial charge on any atom is -0.444 e. The van der Waals surface area contributed by atoms with Crippen molar-refractivity contribution in [2.45, 2.75) is 26.4 Å². The number of piperazine rings is 1. The highest BCUT2D eigenvalue weighted by molar-refractivity contribution is 6.01. The number of hydrogen-bond acceptors (Lipinski definition) is 5. The van der Waals surface area contributed by atoms with E-state index in [-0.39, 0.29) is 18.5 Å². The molecule has 0 atom stereocenters. The number of imide groups is 1. The van der Waals surface area contributed by atoms with Gasteiger partial charge in [0.2, 0.25) is 5.91 Å². The van der Waals surface area contributed by atoms with E-state index in [9.17, 15) is 14.4 Å². The molecule has 1 fully saturated rings. The Kier molecular flexibility index (Phi) is 6.57. The summed E-state index contributed by atoms with van der Waals surface area (Å²) < 4.78 is 5.34. The van der Waals surface area contributed by atoms with Crippen LogP contribution in [0.1, 0.15) is 20.8 Å². The summed E-state index contributed by atoms with van der Waals surface area (Å²) >= 11 is 0. The molecule has 4 amide bonds. The van der Waals surface area contributed by atoms with E-state index in [1.54, 1.807) is 29.2 Å². The third-order valence-electron chi connectivity index (χ3n) is 3.68. The first-order valence-electron chi connectivity index (χ1n) is 8.59. The summed E-state index contributed by atoms with van der Waals surface area (Å²) in [6.07, 6.45) is -0.344. The zero-order chi connectivity index (χ0) is 19.2. The molecule has 0 saturated carbocycles. The number of benzene rings is 1. The van der Waals surface area contributed by atoms with Crippen molar-refractivity contribution in [3.05, 3.63) is 30.3 Å². The van der Waals surface area contributed by atoms with Crippen molar-refractivity contribution in [3.63, 3.8) is 0 Å². The molecule has 0 bridgehead atoms. The number of para-hydroxylation sites is 1. The number of hydrogen-bond donors (Lipinski definition) is 2. The molecule has 2 rings (SSSR count). The maximum absolute atomic E-state index is 12.0. The molecule has 1 aromatic carbocycles. The number of nitrogens with one attached hydrogen (secondary N) is 2. The molecule has 1 heterocycles. The van der Waals surface area contributed by atoms with Gasteiger partial charge in [-0.05, 0) is 32.9 Å². The second kappa shape index (κ2) is 8.66. The lowest BCUT2D eigenvalue weighted by atomic mass is 10.2. The van der Waals surface area contributed by atoms with Crippen molar-refractivity contribution < 1.29 is 19.1 Å². The van der Waals surface area contributed by atoms with E-state index < -0.39 is 11.6 Å². The molecular formula is C18H26N4O4. The van der Waals surface area contributed by atoms with Gasteiger partial charge in [0, 0.05) is 31.9 Å². The number of amides is 4. The van der Waals surface area contributed by atoms with E-state index >= 15 is 0 Å². The molecule has 1 aromatic rings. The topological polar surface area (TPSA) is 91.0 Å². The predicted molar refractivity (Wildman–Crippen MR) is 97.9 cm³/mol. The average Bonchev–Trinajstić information content (AvgIpc) is 2.54. The molecule has 1 aliphatic rings. The van der Waals surface area contributed by atoms with Crippen LogP contribution in [0.15, 0.2) is 30.3 Å². The Balaban J connectivity index is 1.71. The fourth-order valence-electron chi connectivity index (χ4n) is 2.47. The zero-order valence-corrected chi connectivity index (χ0v) is 15.4. The molecule has 0 aliphatic carbocycles. The molecule has 1 aliphatic heterocycles. The lowest BCUT2D eigenvalue weighted by Gasteiger charge is -2.35. The largest absolute Gasteiger partial charge is 0.444 e. The van der Waals surface area contributed by atoms with Crippen LogP contribution in [0.3, 0.4) is 0 Å². The van der Waals surface area contributed by atoms with Gasteiger partial charge < -0.3 is 15.0 Å². The highest BCUT2D eigenvalue weighted by Gasteiger charge is 2.26. The molecule has 0 radical (unpaired) electrons. The van der Waals surface area contributed by atoms with E-state index in [0.29, 0.717) is 31.9 Å². The first kappa shape index (κ1) is 19.7. The Labute approximate surface area is 153 Å². The van der Waals surface area contributed by atoms with E-state index in [0.717, 1.165) is 0 Å². The first-order valence-corrected chi connectivity index (χ1v) is 8.59. The summed E-state index contributed by atoms with van der Waals surface area (Å²) in [6.45, 7) is 7.64. The van der Waals surface area contributed by atoms with Crippen LogP contribution in [0.2, 0.25) is 0 Å². The summed E-state index contributed by atoms with van der Waals surface area (Å²) in [4.78, 5) is 39.3. The van der Waals surface area contributed by atoms with Crippen molar-refractivity contribution >= 4 is 23.7 Å². The molecule has 0 unspecified atom stereocenters. The highest BCUT2D eigenvalue weighted by Crippen LogP contribution is 2.11. The smallest absolute Gasteiger partial charge is 0.410 e. The second-order valence-electron chi connectivity index (χ2n) is 7.11. The minimum absolute atomic E-state index is 0.102. The maximum Gasteiger partial charge on any atom is 0.410 e. The van der Waals surface area contributed by atoms with Gasteiger partial charge in [-0.25, -0.2) is 9.59 Å². The van der Waals surface area contributed by atoms with E-state index in [2.05, 4.69) is 10.6 Å². The van der Waals surface area contributed by atoms with Gasteiger partial charge >= 0.3 is 12.1 Å². The van der Waals surface area contributed by atoms with Crippen LogP contribution in [0.4, 0.5) is 15.3 Å². The minimum atomic E-state index is -0.561. The Bertz CT molecular complexity index is 634. The quantitative estimate of drug-likeness (QED) is 0.857. The van der Waals surface area contributed by atoms with Crippen LogP contribution in [0.25, 0.3) is 0 Å². The summed E-state index contributed by atoms with van der Waals surface area (Å²) in [7, 11) is 0. The Hall–Kier alpha value is -2.61. The van der Waals surface area contributed by atoms with E-state index in [1.807, 2.05) is 31.7 Å². The molecule has 26 heavy (non-hydrogen) atoms. The van der Waals surface area contributed by atoms with E-state index in [4.69, 9.17) is 4.74 Å². The fraction of sp³-hybridized carbons (Fsp3) is 0.500. The fourth-order valence-corrected chi connectivity index (χ4v) is 2.47. The molecule has 0 spiro atoms. The van der Waals surface area contributed by atoms with Gasteiger partial charge in [0.05, 0.1) is 6.54 Å². The number of anilines is 1. The van der Waals surface area contributed by atoms with Crippen molar-refractivity contribution in [1.29, 1.82) is 0 Å². The number of carbonyl (C=O) groups is 3. The summed E-state index contributed by atoms with van der Waals surface area (Å²) in [5.74, 6) is -0.385. The van der Waals surface area contributed by atoms with Crippen LogP contribution in [-0.2, 0) is 9.53 Å². The standard InChI is InChI=1S/C18H26N4O4/c1-18(2,3)26-17(25)22-11-9-21(10-12-22)13-15(23)20-16(24)19-14-7-5-4-6-8-14/h4-8H,9-13H2,1-3H3,(H2,19,20,23,24). The first-order chi connectivity index (χ1) is 12.2. The summed E-state index contributed by atoms with van der Waals surface area (Å²) in [5.41, 5.74) is 0.0870. The third-order valence-corrected chi connectivity index (χ3v) is 3.68. The predicted octanol–water partition coefficient (Wildman–Crippen LogP) is 1.89. The Morgan fingerprint density at radius 3 is 2.23 bits per heavy atom. The van der Waals surface area contributed by atoms with Gasteiger partial charge in [0.25, 0.3) is 0 Å². The molecule has 1 saturated heterocycles. The molecule has 8 nitrogen and oxygen atoms in total. The number of nitrogens with zero attached hydrogens (tertiary/aromatic N) is 2. The molecule has 2 N–H and O–H groups in total. The van der Waals surface area contributed by atoms with Crippen molar-refractivity contribution in [2.24, 2.45) is 0 Å². The zero-order valence-electron chi connectivity index (χ0n) is 15.4. The molecular weight excluding hydrogens is 336 g/mol. The lowest BCUT2D eigenvalue weighted by Crippen LogP contribution is -2.52. The van der Waals surface area contributed by atoms with Gasteiger partial charge in [-0.2, -0.15) is 0 Å². The van der Waals surface area contributed by atoms with E-state index in [1.165, 1.54) is 0 Å². The maximum atomic E-state index is 12.0. The lowest BCUT2D eigenvalue weighted by molar-refractivity contribution is -0.121. The van der Waals surface area contributed by atoms with Crippen LogP contribution in [-0.4, -0.2) is 66.2 Å². The highest BCUT2D eigenvalue weighted by atomic mass is 16.6. The average molecular weight is 362 g/mol. The summed E-state index contributed by atoms with van der Waals surface area (Å²) in [5, 5.41) is 4.90. The SMILES string of the molecule is CC(C)(C)OC(=O)N1CCN(CC(=O)NC(=O)Nc2ccccc2)CC1. The van der Waals surface area contributed by atoms with Gasteiger partial charge in [-0.15, -0.1) is 0 Å². The normalized spacial score (nSPS) is 15.3. The number of urea groups is 1. The van der Waals surface area contributed by atoms with Crippen LogP contribution in [0.5, 0.6) is 0 Å². The second-order valence-corrected chi connectivity index (χ2v) is 7.11. The number of rotatable bonds is 3. The number of carbonyl (C=O) groups excluding carboxylic acids is 3. The van der Waals surface area contributed by atoms with Crippen molar-refractivity contribution in [2.75, 3.05) is 38.0 Å². The third kappa shape index (κ3) is 6.72. The number of ether oxygens (including phenoxy) is 1. The summed E-state index contributed by atoms with van der Waals surface area (Å²) in [6, 6.07) is 8.34. The Morgan fingerprint density at radius 1 is 1.04 bits per heavy atom. The van der Waals surface area contributed by atoms with Crippen LogP contribution < -0.4 is 10.6 Å². The van der Waals surface area contributed by atoms with Crippen LogP contribution >= 0.6 is 0 Å². The molecule has 142 valence electrons. The monoisotopic (exact) mass is 362 g/mol. The van der Waals surface area contributed by atoms with Gasteiger partial charge in [-0.1, -0.05) is 18.2 Å². The Morgan fingerprint density at radius 2 is 1.65 bits per heavy atom. The molecule has 8 heteroatoms. The van der Waals surface area contributed by atoms with Crippen molar-refractivity contribution in [1.82, 2.24) is 15.1 Å². The van der Waals surface area contributed by atoms with Crippen molar-refractivity contribution in [3.8, 4) is 0 Å².